The lowest BCUT2D eigenvalue weighted by Gasteiger charge is -2.23. The molecule has 0 spiro atoms. The molecule has 1 aromatic rings. The first-order valence-electron chi connectivity index (χ1n) is 4.33. The summed E-state index contributed by atoms with van der Waals surface area (Å²) in [5.74, 6) is 0. The van der Waals surface area contributed by atoms with Crippen LogP contribution in [0.3, 0.4) is 0 Å². The van der Waals surface area contributed by atoms with Gasteiger partial charge in [0.1, 0.15) is 5.15 Å². The van der Waals surface area contributed by atoms with Gasteiger partial charge >= 0.3 is 0 Å². The van der Waals surface area contributed by atoms with Gasteiger partial charge in [0.05, 0.1) is 0 Å². The molecule has 1 aromatic heterocycles. The SMILES string of the molecule is CNC(C)(C)Cc1ccc(Cl)nc1. The number of pyridine rings is 1. The van der Waals surface area contributed by atoms with Crippen molar-refractivity contribution in [2.24, 2.45) is 0 Å². The smallest absolute Gasteiger partial charge is 0.129 e. The topological polar surface area (TPSA) is 24.9 Å². The summed E-state index contributed by atoms with van der Waals surface area (Å²) < 4.78 is 0. The average molecular weight is 199 g/mol. The van der Waals surface area contributed by atoms with Crippen molar-refractivity contribution in [3.63, 3.8) is 0 Å². The maximum atomic E-state index is 5.69. The van der Waals surface area contributed by atoms with E-state index in [0.29, 0.717) is 5.15 Å². The Morgan fingerprint density at radius 2 is 2.15 bits per heavy atom. The quantitative estimate of drug-likeness (QED) is 0.754. The molecule has 0 aliphatic heterocycles. The minimum Gasteiger partial charge on any atom is -0.314 e. The van der Waals surface area contributed by atoms with Gasteiger partial charge in [-0.15, -0.1) is 0 Å². The first-order chi connectivity index (χ1) is 6.03. The number of aromatic nitrogens is 1. The van der Waals surface area contributed by atoms with Gasteiger partial charge in [-0.1, -0.05) is 17.7 Å². The summed E-state index contributed by atoms with van der Waals surface area (Å²) >= 11 is 5.69. The molecule has 2 nitrogen and oxygen atoms in total. The van der Waals surface area contributed by atoms with Gasteiger partial charge in [0, 0.05) is 11.7 Å². The molecule has 0 bridgehead atoms. The summed E-state index contributed by atoms with van der Waals surface area (Å²) in [6.45, 7) is 4.31. The van der Waals surface area contributed by atoms with Crippen LogP contribution in [-0.4, -0.2) is 17.6 Å². The Hall–Kier alpha value is -0.600. The van der Waals surface area contributed by atoms with Crippen LogP contribution >= 0.6 is 11.6 Å². The summed E-state index contributed by atoms with van der Waals surface area (Å²) in [6, 6.07) is 3.83. The van der Waals surface area contributed by atoms with Gasteiger partial charge in [-0.3, -0.25) is 0 Å². The lowest BCUT2D eigenvalue weighted by atomic mass is 9.96. The zero-order valence-electron chi connectivity index (χ0n) is 8.26. The minimum absolute atomic E-state index is 0.107. The molecule has 0 saturated carbocycles. The summed E-state index contributed by atoms with van der Waals surface area (Å²) in [7, 11) is 1.96. The molecule has 0 saturated heterocycles. The van der Waals surface area contributed by atoms with Crippen LogP contribution in [0.2, 0.25) is 5.15 Å². The van der Waals surface area contributed by atoms with Gasteiger partial charge in [-0.05, 0) is 38.9 Å². The summed E-state index contributed by atoms with van der Waals surface area (Å²) in [5, 5.41) is 3.79. The molecule has 13 heavy (non-hydrogen) atoms. The molecule has 0 unspecified atom stereocenters. The van der Waals surface area contributed by atoms with Crippen molar-refractivity contribution in [1.29, 1.82) is 0 Å². The molecule has 0 atom stereocenters. The summed E-state index contributed by atoms with van der Waals surface area (Å²) in [4.78, 5) is 4.04. The van der Waals surface area contributed by atoms with E-state index >= 15 is 0 Å². The van der Waals surface area contributed by atoms with Crippen molar-refractivity contribution in [1.82, 2.24) is 10.3 Å². The number of rotatable bonds is 3. The average Bonchev–Trinajstić information content (AvgIpc) is 2.09. The second kappa shape index (κ2) is 4.07. The van der Waals surface area contributed by atoms with E-state index in [1.807, 2.05) is 25.4 Å². The van der Waals surface area contributed by atoms with E-state index in [-0.39, 0.29) is 5.54 Å². The van der Waals surface area contributed by atoms with E-state index in [9.17, 15) is 0 Å². The minimum atomic E-state index is 0.107. The number of nitrogens with one attached hydrogen (secondary N) is 1. The molecule has 0 aromatic carbocycles. The van der Waals surface area contributed by atoms with Crippen molar-refractivity contribution in [3.05, 3.63) is 29.0 Å². The third kappa shape index (κ3) is 3.33. The molecule has 0 aliphatic carbocycles. The second-order valence-electron chi connectivity index (χ2n) is 3.80. The molecule has 0 aliphatic rings. The molecule has 72 valence electrons. The lowest BCUT2D eigenvalue weighted by molar-refractivity contribution is 0.421. The Morgan fingerprint density at radius 1 is 1.46 bits per heavy atom. The number of halogens is 1. The highest BCUT2D eigenvalue weighted by molar-refractivity contribution is 6.29. The normalized spacial score (nSPS) is 11.7. The molecular formula is C10H15ClN2. The number of likely N-dealkylation sites (N-methyl/N-ethyl adjacent to an activating group) is 1. The molecule has 0 fully saturated rings. The first kappa shape index (κ1) is 10.5. The van der Waals surface area contributed by atoms with E-state index in [1.165, 1.54) is 5.56 Å². The maximum Gasteiger partial charge on any atom is 0.129 e. The summed E-state index contributed by atoms with van der Waals surface area (Å²) in [6.07, 6.45) is 2.77. The van der Waals surface area contributed by atoms with Crippen LogP contribution in [0.15, 0.2) is 18.3 Å². The fourth-order valence-electron chi connectivity index (χ4n) is 1.11. The predicted molar refractivity (Wildman–Crippen MR) is 56.1 cm³/mol. The van der Waals surface area contributed by atoms with Crippen LogP contribution in [0, 0.1) is 0 Å². The van der Waals surface area contributed by atoms with Crippen LogP contribution in [0.4, 0.5) is 0 Å². The van der Waals surface area contributed by atoms with Gasteiger partial charge < -0.3 is 5.32 Å². The first-order valence-corrected chi connectivity index (χ1v) is 4.71. The van der Waals surface area contributed by atoms with Gasteiger partial charge in [0.25, 0.3) is 0 Å². The Kier molecular flexibility index (Phi) is 3.28. The van der Waals surface area contributed by atoms with E-state index in [0.717, 1.165) is 6.42 Å². The lowest BCUT2D eigenvalue weighted by Crippen LogP contribution is -2.38. The Bertz CT molecular complexity index is 267. The zero-order valence-corrected chi connectivity index (χ0v) is 9.02. The van der Waals surface area contributed by atoms with Crippen molar-refractivity contribution < 1.29 is 0 Å². The molecule has 1 heterocycles. The van der Waals surface area contributed by atoms with Crippen LogP contribution in [0.5, 0.6) is 0 Å². The molecule has 1 N–H and O–H groups in total. The van der Waals surface area contributed by atoms with Gasteiger partial charge in [-0.2, -0.15) is 0 Å². The molecule has 1 rings (SSSR count). The van der Waals surface area contributed by atoms with Gasteiger partial charge in [0.15, 0.2) is 0 Å². The Labute approximate surface area is 84.3 Å². The molecular weight excluding hydrogens is 184 g/mol. The monoisotopic (exact) mass is 198 g/mol. The van der Waals surface area contributed by atoms with Crippen LogP contribution in [-0.2, 0) is 6.42 Å². The van der Waals surface area contributed by atoms with Crippen molar-refractivity contribution in [2.75, 3.05) is 7.05 Å². The maximum absolute atomic E-state index is 5.69. The third-order valence-electron chi connectivity index (χ3n) is 2.11. The fourth-order valence-corrected chi connectivity index (χ4v) is 1.22. The second-order valence-corrected chi connectivity index (χ2v) is 4.19. The Balaban J connectivity index is 2.69. The zero-order chi connectivity index (χ0) is 9.90. The molecule has 3 heteroatoms. The fraction of sp³-hybridized carbons (Fsp3) is 0.500. The number of hydrogen-bond donors (Lipinski definition) is 1. The Morgan fingerprint density at radius 3 is 2.62 bits per heavy atom. The summed E-state index contributed by atoms with van der Waals surface area (Å²) in [5.41, 5.74) is 1.30. The highest BCUT2D eigenvalue weighted by Crippen LogP contribution is 2.12. The van der Waals surface area contributed by atoms with Gasteiger partial charge in [0.2, 0.25) is 0 Å². The van der Waals surface area contributed by atoms with Crippen LogP contribution < -0.4 is 5.32 Å². The van der Waals surface area contributed by atoms with Crippen molar-refractivity contribution in [2.45, 2.75) is 25.8 Å². The van der Waals surface area contributed by atoms with Crippen LogP contribution in [0.1, 0.15) is 19.4 Å². The molecule has 0 amide bonds. The van der Waals surface area contributed by atoms with E-state index in [1.54, 1.807) is 0 Å². The van der Waals surface area contributed by atoms with E-state index in [2.05, 4.69) is 24.1 Å². The predicted octanol–water partition coefficient (Wildman–Crippen LogP) is 2.28. The molecule has 0 radical (unpaired) electrons. The van der Waals surface area contributed by atoms with Crippen molar-refractivity contribution >= 4 is 11.6 Å². The third-order valence-corrected chi connectivity index (χ3v) is 2.34. The highest BCUT2D eigenvalue weighted by atomic mass is 35.5. The largest absolute Gasteiger partial charge is 0.314 e. The van der Waals surface area contributed by atoms with E-state index in [4.69, 9.17) is 11.6 Å². The highest BCUT2D eigenvalue weighted by Gasteiger charge is 2.14. The van der Waals surface area contributed by atoms with E-state index < -0.39 is 0 Å². The van der Waals surface area contributed by atoms with Crippen LogP contribution in [0.25, 0.3) is 0 Å². The number of hydrogen-bond acceptors (Lipinski definition) is 2. The van der Waals surface area contributed by atoms with Crippen molar-refractivity contribution in [3.8, 4) is 0 Å². The van der Waals surface area contributed by atoms with Gasteiger partial charge in [-0.25, -0.2) is 4.98 Å². The number of nitrogens with zero attached hydrogens (tertiary/aromatic N) is 1. The standard InChI is InChI=1S/C10H15ClN2/c1-10(2,12-3)6-8-4-5-9(11)13-7-8/h4-5,7,12H,6H2,1-3H3.